The van der Waals surface area contributed by atoms with Crippen molar-refractivity contribution in [3.8, 4) is 0 Å². The van der Waals surface area contributed by atoms with Gasteiger partial charge in [-0.1, -0.05) is 0 Å². The van der Waals surface area contributed by atoms with Crippen molar-refractivity contribution >= 4 is 27.3 Å². The summed E-state index contributed by atoms with van der Waals surface area (Å²) in [7, 11) is -3.74. The zero-order valence-corrected chi connectivity index (χ0v) is 14.7. The third kappa shape index (κ3) is 5.48. The summed E-state index contributed by atoms with van der Waals surface area (Å²) in [6, 6.07) is 7.97. The molecule has 0 aliphatic heterocycles. The smallest absolute Gasteiger partial charge is 0.232 e. The zero-order chi connectivity index (χ0) is 19.3. The number of halogens is 3. The SMILES string of the molecule is CS(=O)(=O)N(CCCC(=O)Nc1ccc(F)cc1)c1ccc(F)c(F)c1. The molecule has 1 amide bonds. The quantitative estimate of drug-likeness (QED) is 0.794. The number of nitrogens with one attached hydrogen (secondary N) is 1. The van der Waals surface area contributed by atoms with Gasteiger partial charge in [0.05, 0.1) is 11.9 Å². The maximum atomic E-state index is 13.4. The van der Waals surface area contributed by atoms with Crippen LogP contribution >= 0.6 is 0 Å². The summed E-state index contributed by atoms with van der Waals surface area (Å²) in [4.78, 5) is 11.9. The molecule has 0 radical (unpaired) electrons. The second-order valence-corrected chi connectivity index (χ2v) is 7.50. The number of hydrogen-bond acceptors (Lipinski definition) is 3. The van der Waals surface area contributed by atoms with Crippen LogP contribution in [0, 0.1) is 17.5 Å². The van der Waals surface area contributed by atoms with E-state index in [1.807, 2.05) is 0 Å². The fourth-order valence-electron chi connectivity index (χ4n) is 2.27. The summed E-state index contributed by atoms with van der Waals surface area (Å²) >= 11 is 0. The Morgan fingerprint density at radius 2 is 1.69 bits per heavy atom. The predicted octanol–water partition coefficient (Wildman–Crippen LogP) is 3.29. The maximum Gasteiger partial charge on any atom is 0.232 e. The van der Waals surface area contributed by atoms with Gasteiger partial charge in [-0.15, -0.1) is 0 Å². The summed E-state index contributed by atoms with van der Waals surface area (Å²) in [5.41, 5.74) is 0.391. The number of benzene rings is 2. The second-order valence-electron chi connectivity index (χ2n) is 5.59. The van der Waals surface area contributed by atoms with E-state index in [9.17, 15) is 26.4 Å². The van der Waals surface area contributed by atoms with Crippen LogP contribution in [0.25, 0.3) is 0 Å². The van der Waals surface area contributed by atoms with Crippen LogP contribution in [0.4, 0.5) is 24.5 Å². The van der Waals surface area contributed by atoms with Crippen molar-refractivity contribution < 1.29 is 26.4 Å². The summed E-state index contributed by atoms with van der Waals surface area (Å²) < 4.78 is 63.9. The highest BCUT2D eigenvalue weighted by Crippen LogP contribution is 2.21. The monoisotopic (exact) mass is 386 g/mol. The van der Waals surface area contributed by atoms with Gasteiger partial charge < -0.3 is 5.32 Å². The molecule has 0 bridgehead atoms. The largest absolute Gasteiger partial charge is 0.326 e. The van der Waals surface area contributed by atoms with Crippen molar-refractivity contribution in [3.63, 3.8) is 0 Å². The zero-order valence-electron chi connectivity index (χ0n) is 13.9. The Morgan fingerprint density at radius 1 is 1.04 bits per heavy atom. The lowest BCUT2D eigenvalue weighted by Crippen LogP contribution is -2.31. The fraction of sp³-hybridized carbons (Fsp3) is 0.235. The Balaban J connectivity index is 1.98. The normalized spacial score (nSPS) is 11.2. The first-order valence-electron chi connectivity index (χ1n) is 7.65. The minimum atomic E-state index is -3.74. The standard InChI is InChI=1S/C17H17F3N2O3S/c1-26(24,25)22(14-8-9-15(19)16(20)11-14)10-2-3-17(23)21-13-6-4-12(18)5-7-13/h4-9,11H,2-3,10H2,1H3,(H,21,23). The Morgan fingerprint density at radius 3 is 2.27 bits per heavy atom. The van der Waals surface area contributed by atoms with E-state index in [1.165, 1.54) is 24.3 Å². The number of sulfonamides is 1. The van der Waals surface area contributed by atoms with Gasteiger partial charge >= 0.3 is 0 Å². The molecule has 1 N–H and O–H groups in total. The van der Waals surface area contributed by atoms with Crippen LogP contribution in [0.5, 0.6) is 0 Å². The number of anilines is 2. The average Bonchev–Trinajstić information content (AvgIpc) is 2.55. The van der Waals surface area contributed by atoms with E-state index >= 15 is 0 Å². The van der Waals surface area contributed by atoms with Crippen LogP contribution in [0.3, 0.4) is 0 Å². The van der Waals surface area contributed by atoms with Crippen LogP contribution < -0.4 is 9.62 Å². The minimum absolute atomic E-state index is 0.00687. The fourth-order valence-corrected chi connectivity index (χ4v) is 3.22. The number of rotatable bonds is 7. The molecule has 0 aromatic heterocycles. The van der Waals surface area contributed by atoms with Crippen LogP contribution in [0.15, 0.2) is 42.5 Å². The molecule has 0 fully saturated rings. The highest BCUT2D eigenvalue weighted by Gasteiger charge is 2.19. The van der Waals surface area contributed by atoms with Crippen molar-refractivity contribution in [2.24, 2.45) is 0 Å². The summed E-state index contributed by atoms with van der Waals surface area (Å²) in [6.07, 6.45) is 1.08. The molecule has 0 spiro atoms. The number of carbonyl (C=O) groups is 1. The Hall–Kier alpha value is -2.55. The molecule has 5 nitrogen and oxygen atoms in total. The van der Waals surface area contributed by atoms with Gasteiger partial charge in [0, 0.05) is 24.7 Å². The van der Waals surface area contributed by atoms with Gasteiger partial charge in [-0.2, -0.15) is 0 Å². The molecule has 2 aromatic rings. The third-order valence-electron chi connectivity index (χ3n) is 3.48. The van der Waals surface area contributed by atoms with Gasteiger partial charge in [-0.3, -0.25) is 9.10 Å². The van der Waals surface area contributed by atoms with E-state index in [2.05, 4.69) is 5.32 Å². The molecule has 0 aliphatic rings. The molecule has 0 saturated carbocycles. The van der Waals surface area contributed by atoms with Crippen LogP contribution in [-0.4, -0.2) is 27.1 Å². The Labute approximate surface area is 149 Å². The molecular weight excluding hydrogens is 369 g/mol. The minimum Gasteiger partial charge on any atom is -0.326 e. The Kier molecular flexibility index (Phi) is 6.25. The lowest BCUT2D eigenvalue weighted by atomic mass is 10.2. The van der Waals surface area contributed by atoms with Crippen molar-refractivity contribution in [1.82, 2.24) is 0 Å². The number of carbonyl (C=O) groups excluding carboxylic acids is 1. The van der Waals surface area contributed by atoms with Gasteiger partial charge in [-0.05, 0) is 42.8 Å². The highest BCUT2D eigenvalue weighted by atomic mass is 32.2. The van der Waals surface area contributed by atoms with E-state index in [4.69, 9.17) is 0 Å². The van der Waals surface area contributed by atoms with Crippen LogP contribution in [0.1, 0.15) is 12.8 Å². The van der Waals surface area contributed by atoms with Crippen molar-refractivity contribution in [1.29, 1.82) is 0 Å². The number of amides is 1. The first-order valence-corrected chi connectivity index (χ1v) is 9.50. The number of hydrogen-bond donors (Lipinski definition) is 1. The topological polar surface area (TPSA) is 66.5 Å². The maximum absolute atomic E-state index is 13.4. The van der Waals surface area contributed by atoms with E-state index in [-0.39, 0.29) is 31.0 Å². The van der Waals surface area contributed by atoms with Gasteiger partial charge in [0.25, 0.3) is 0 Å². The molecule has 0 aliphatic carbocycles. The van der Waals surface area contributed by atoms with E-state index in [0.717, 1.165) is 28.8 Å². The van der Waals surface area contributed by atoms with E-state index in [0.29, 0.717) is 5.69 Å². The molecule has 0 saturated heterocycles. The van der Waals surface area contributed by atoms with Crippen molar-refractivity contribution in [3.05, 3.63) is 59.9 Å². The first-order chi connectivity index (χ1) is 12.2. The molecule has 140 valence electrons. The van der Waals surface area contributed by atoms with Crippen LogP contribution in [-0.2, 0) is 14.8 Å². The van der Waals surface area contributed by atoms with Crippen molar-refractivity contribution in [2.75, 3.05) is 22.4 Å². The van der Waals surface area contributed by atoms with Crippen LogP contribution in [0.2, 0.25) is 0 Å². The summed E-state index contributed by atoms with van der Waals surface area (Å²) in [6.45, 7) is -0.0826. The van der Waals surface area contributed by atoms with E-state index in [1.54, 1.807) is 0 Å². The molecule has 0 unspecified atom stereocenters. The second kappa shape index (κ2) is 8.22. The van der Waals surface area contributed by atoms with Gasteiger partial charge in [0.1, 0.15) is 5.82 Å². The molecule has 2 aromatic carbocycles. The van der Waals surface area contributed by atoms with Gasteiger partial charge in [0.15, 0.2) is 11.6 Å². The van der Waals surface area contributed by atoms with Crippen molar-refractivity contribution in [2.45, 2.75) is 12.8 Å². The van der Waals surface area contributed by atoms with Gasteiger partial charge in [0.2, 0.25) is 15.9 Å². The number of nitrogens with zero attached hydrogens (tertiary/aromatic N) is 1. The molecular formula is C17H17F3N2O3S. The lowest BCUT2D eigenvalue weighted by molar-refractivity contribution is -0.116. The summed E-state index contributed by atoms with van der Waals surface area (Å²) in [5.74, 6) is -3.06. The molecule has 0 heterocycles. The Bertz CT molecular complexity index is 887. The molecule has 0 atom stereocenters. The summed E-state index contributed by atoms with van der Waals surface area (Å²) in [5, 5.41) is 2.55. The molecule has 2 rings (SSSR count). The predicted molar refractivity (Wildman–Crippen MR) is 92.8 cm³/mol. The third-order valence-corrected chi connectivity index (χ3v) is 4.68. The first kappa shape index (κ1) is 19.8. The van der Waals surface area contributed by atoms with Gasteiger partial charge in [-0.25, -0.2) is 21.6 Å². The molecule has 26 heavy (non-hydrogen) atoms. The highest BCUT2D eigenvalue weighted by molar-refractivity contribution is 7.92. The lowest BCUT2D eigenvalue weighted by Gasteiger charge is -2.22. The average molecular weight is 386 g/mol. The van der Waals surface area contributed by atoms with E-state index < -0.39 is 27.5 Å². The molecule has 9 heteroatoms.